The largest absolute Gasteiger partial charge is 0.372 e. The Balaban J connectivity index is 2.53. The predicted molar refractivity (Wildman–Crippen MR) is 56.0 cm³/mol. The van der Waals surface area contributed by atoms with Crippen LogP contribution in [0.15, 0.2) is 0 Å². The minimum atomic E-state index is -0.297. The third-order valence-electron chi connectivity index (χ3n) is 2.53. The highest BCUT2D eigenvalue weighted by Gasteiger charge is 2.34. The van der Waals surface area contributed by atoms with E-state index in [1.54, 1.807) is 7.11 Å². The van der Waals surface area contributed by atoms with E-state index in [9.17, 15) is 4.79 Å². The lowest BCUT2D eigenvalue weighted by atomic mass is 10.2. The molecule has 0 heterocycles. The second-order valence-corrected chi connectivity index (χ2v) is 4.49. The molecule has 1 saturated carbocycles. The summed E-state index contributed by atoms with van der Waals surface area (Å²) >= 11 is 0. The summed E-state index contributed by atoms with van der Waals surface area (Å²) in [6.07, 6.45) is 2.03. The fourth-order valence-corrected chi connectivity index (χ4v) is 1.53. The van der Waals surface area contributed by atoms with Crippen molar-refractivity contribution in [2.24, 2.45) is 5.92 Å². The van der Waals surface area contributed by atoms with Crippen molar-refractivity contribution in [3.05, 3.63) is 0 Å². The molecule has 1 atom stereocenters. The van der Waals surface area contributed by atoms with Crippen molar-refractivity contribution in [2.45, 2.75) is 45.8 Å². The van der Waals surface area contributed by atoms with Crippen LogP contribution >= 0.6 is 0 Å². The number of carbonyl (C=O) groups excluding carboxylic acids is 1. The van der Waals surface area contributed by atoms with Crippen molar-refractivity contribution in [3.63, 3.8) is 0 Å². The van der Waals surface area contributed by atoms with Crippen LogP contribution in [0.2, 0.25) is 0 Å². The summed E-state index contributed by atoms with van der Waals surface area (Å²) < 4.78 is 5.06. The summed E-state index contributed by atoms with van der Waals surface area (Å²) in [5, 5.41) is 0. The molecule has 1 amide bonds. The Labute approximate surface area is 86.4 Å². The van der Waals surface area contributed by atoms with Gasteiger partial charge < -0.3 is 9.64 Å². The average molecular weight is 199 g/mol. The molecule has 3 nitrogen and oxygen atoms in total. The molecule has 0 aromatic heterocycles. The van der Waals surface area contributed by atoms with E-state index in [1.165, 1.54) is 0 Å². The second-order valence-electron chi connectivity index (χ2n) is 4.49. The summed E-state index contributed by atoms with van der Waals surface area (Å²) in [6, 6.07) is 0.488. The zero-order valence-electron chi connectivity index (χ0n) is 9.62. The van der Waals surface area contributed by atoms with Gasteiger partial charge in [0, 0.05) is 19.7 Å². The van der Waals surface area contributed by atoms with Gasteiger partial charge in [-0.15, -0.1) is 0 Å². The van der Waals surface area contributed by atoms with E-state index < -0.39 is 0 Å². The average Bonchev–Trinajstić information content (AvgIpc) is 2.94. The van der Waals surface area contributed by atoms with Crippen LogP contribution in [0.4, 0.5) is 0 Å². The first-order valence-electron chi connectivity index (χ1n) is 5.39. The van der Waals surface area contributed by atoms with Crippen LogP contribution in [0.3, 0.4) is 0 Å². The number of ether oxygens (including phenoxy) is 1. The Bertz CT molecular complexity index is 199. The fourth-order valence-electron chi connectivity index (χ4n) is 1.53. The second kappa shape index (κ2) is 4.78. The summed E-state index contributed by atoms with van der Waals surface area (Å²) in [4.78, 5) is 13.9. The van der Waals surface area contributed by atoms with Crippen molar-refractivity contribution in [2.75, 3.05) is 13.7 Å². The Hall–Kier alpha value is -0.570. The van der Waals surface area contributed by atoms with Crippen LogP contribution in [0, 0.1) is 5.92 Å². The van der Waals surface area contributed by atoms with Crippen LogP contribution in [-0.2, 0) is 9.53 Å². The fraction of sp³-hybridized carbons (Fsp3) is 0.909. The number of carbonyl (C=O) groups is 1. The molecule has 82 valence electrons. The normalized spacial score (nSPS) is 18.4. The number of amides is 1. The minimum absolute atomic E-state index is 0.142. The zero-order chi connectivity index (χ0) is 10.7. The van der Waals surface area contributed by atoms with E-state index in [-0.39, 0.29) is 12.0 Å². The molecule has 1 fully saturated rings. The van der Waals surface area contributed by atoms with Crippen LogP contribution in [0.25, 0.3) is 0 Å². The maximum absolute atomic E-state index is 11.9. The van der Waals surface area contributed by atoms with E-state index in [2.05, 4.69) is 13.8 Å². The quantitative estimate of drug-likeness (QED) is 0.674. The lowest BCUT2D eigenvalue weighted by Crippen LogP contribution is -2.42. The van der Waals surface area contributed by atoms with Crippen molar-refractivity contribution in [1.29, 1.82) is 0 Å². The maximum atomic E-state index is 11.9. The Morgan fingerprint density at radius 2 is 2.00 bits per heavy atom. The summed E-state index contributed by atoms with van der Waals surface area (Å²) in [5.74, 6) is 0.673. The summed E-state index contributed by atoms with van der Waals surface area (Å²) in [5.41, 5.74) is 0. The number of hydrogen-bond donors (Lipinski definition) is 0. The molecule has 0 N–H and O–H groups in total. The zero-order valence-corrected chi connectivity index (χ0v) is 9.62. The molecule has 1 unspecified atom stereocenters. The van der Waals surface area contributed by atoms with Gasteiger partial charge in [0.25, 0.3) is 5.91 Å². The SMILES string of the molecule is COC(C)C(=O)N(CC(C)C)C1CC1. The Kier molecular flexibility index (Phi) is 3.93. The smallest absolute Gasteiger partial charge is 0.251 e. The van der Waals surface area contributed by atoms with Gasteiger partial charge in [-0.05, 0) is 25.7 Å². The first-order chi connectivity index (χ1) is 6.56. The van der Waals surface area contributed by atoms with E-state index in [4.69, 9.17) is 4.74 Å². The summed E-state index contributed by atoms with van der Waals surface area (Å²) in [7, 11) is 1.59. The van der Waals surface area contributed by atoms with Gasteiger partial charge in [-0.1, -0.05) is 13.8 Å². The molecule has 3 heteroatoms. The number of nitrogens with zero attached hydrogens (tertiary/aromatic N) is 1. The standard InChI is InChI=1S/C11H21NO2/c1-8(2)7-12(10-5-6-10)11(13)9(3)14-4/h8-10H,5-7H2,1-4H3. The van der Waals surface area contributed by atoms with Crippen LogP contribution in [0.1, 0.15) is 33.6 Å². The minimum Gasteiger partial charge on any atom is -0.372 e. The molecule has 1 rings (SSSR count). The molecule has 14 heavy (non-hydrogen) atoms. The van der Waals surface area contributed by atoms with Gasteiger partial charge in [-0.3, -0.25) is 4.79 Å². The summed E-state index contributed by atoms with van der Waals surface area (Å²) in [6.45, 7) is 6.95. The maximum Gasteiger partial charge on any atom is 0.251 e. The highest BCUT2D eigenvalue weighted by Crippen LogP contribution is 2.28. The van der Waals surface area contributed by atoms with E-state index in [1.807, 2.05) is 11.8 Å². The third-order valence-corrected chi connectivity index (χ3v) is 2.53. The van der Waals surface area contributed by atoms with Gasteiger partial charge in [0.05, 0.1) is 0 Å². The first kappa shape index (κ1) is 11.5. The number of rotatable bonds is 5. The lowest BCUT2D eigenvalue weighted by Gasteiger charge is -2.26. The van der Waals surface area contributed by atoms with Crippen molar-refractivity contribution in [3.8, 4) is 0 Å². The highest BCUT2D eigenvalue weighted by molar-refractivity contribution is 5.81. The van der Waals surface area contributed by atoms with Crippen molar-refractivity contribution in [1.82, 2.24) is 4.90 Å². The molecule has 0 saturated heterocycles. The molecular formula is C11H21NO2. The molecule has 1 aliphatic rings. The molecule has 0 aliphatic heterocycles. The number of methoxy groups -OCH3 is 1. The predicted octanol–water partition coefficient (Wildman–Crippen LogP) is 1.67. The van der Waals surface area contributed by atoms with E-state index >= 15 is 0 Å². The molecule has 0 aromatic rings. The van der Waals surface area contributed by atoms with Gasteiger partial charge >= 0.3 is 0 Å². The topological polar surface area (TPSA) is 29.5 Å². The van der Waals surface area contributed by atoms with E-state index in [0.29, 0.717) is 12.0 Å². The van der Waals surface area contributed by atoms with Gasteiger partial charge in [-0.25, -0.2) is 0 Å². The molecule has 1 aliphatic carbocycles. The lowest BCUT2D eigenvalue weighted by molar-refractivity contribution is -0.142. The molecule has 0 spiro atoms. The third kappa shape index (κ3) is 2.98. The molecule has 0 bridgehead atoms. The van der Waals surface area contributed by atoms with Gasteiger partial charge in [0.1, 0.15) is 6.10 Å². The van der Waals surface area contributed by atoms with Crippen molar-refractivity contribution < 1.29 is 9.53 Å². The molecular weight excluding hydrogens is 178 g/mol. The monoisotopic (exact) mass is 199 g/mol. The highest BCUT2D eigenvalue weighted by atomic mass is 16.5. The van der Waals surface area contributed by atoms with Crippen LogP contribution in [-0.4, -0.2) is 36.6 Å². The van der Waals surface area contributed by atoms with Crippen LogP contribution < -0.4 is 0 Å². The van der Waals surface area contributed by atoms with Crippen molar-refractivity contribution >= 4 is 5.91 Å². The molecule has 0 radical (unpaired) electrons. The van der Waals surface area contributed by atoms with E-state index in [0.717, 1.165) is 19.4 Å². The number of hydrogen-bond acceptors (Lipinski definition) is 2. The van der Waals surface area contributed by atoms with Gasteiger partial charge in [0.15, 0.2) is 0 Å². The van der Waals surface area contributed by atoms with Gasteiger partial charge in [-0.2, -0.15) is 0 Å². The first-order valence-corrected chi connectivity index (χ1v) is 5.39. The van der Waals surface area contributed by atoms with Gasteiger partial charge in [0.2, 0.25) is 0 Å². The molecule has 0 aromatic carbocycles. The Morgan fingerprint density at radius 1 is 1.43 bits per heavy atom. The van der Waals surface area contributed by atoms with Crippen LogP contribution in [0.5, 0.6) is 0 Å². The Morgan fingerprint density at radius 3 is 2.36 bits per heavy atom.